The van der Waals surface area contributed by atoms with Gasteiger partial charge in [-0.15, -0.1) is 0 Å². The maximum absolute atomic E-state index is 2.29. The fourth-order valence-corrected chi connectivity index (χ4v) is 2.89. The average molecular weight is 264 g/mol. The van der Waals surface area contributed by atoms with E-state index in [4.69, 9.17) is 0 Å². The van der Waals surface area contributed by atoms with E-state index in [1.807, 2.05) is 0 Å². The molecule has 0 aliphatic rings. The molecule has 0 heterocycles. The molecule has 0 aromatic heterocycles. The predicted octanol–water partition coefficient (Wildman–Crippen LogP) is 3.51. The summed E-state index contributed by atoms with van der Waals surface area (Å²) in [4.78, 5) is 0. The SMILES string of the molecule is CCC(C)c1ccc(Bc2c(C)cc(C)cc2C)cc1. The quantitative estimate of drug-likeness (QED) is 0.741. The van der Waals surface area contributed by atoms with Crippen LogP contribution in [0.4, 0.5) is 0 Å². The van der Waals surface area contributed by atoms with Crippen molar-refractivity contribution in [2.24, 2.45) is 0 Å². The van der Waals surface area contributed by atoms with Crippen LogP contribution in [0.3, 0.4) is 0 Å². The summed E-state index contributed by atoms with van der Waals surface area (Å²) in [6.45, 7) is 11.2. The molecule has 2 rings (SSSR count). The van der Waals surface area contributed by atoms with Crippen LogP contribution in [0.25, 0.3) is 0 Å². The molecule has 0 saturated carbocycles. The molecule has 1 atom stereocenters. The molecule has 0 aliphatic heterocycles. The van der Waals surface area contributed by atoms with Gasteiger partial charge in [-0.25, -0.2) is 0 Å². The first kappa shape index (κ1) is 14.9. The fraction of sp³-hybridized carbons (Fsp3) is 0.368. The summed E-state index contributed by atoms with van der Waals surface area (Å²) in [5.41, 5.74) is 8.52. The number of aryl methyl sites for hydroxylation is 3. The van der Waals surface area contributed by atoms with Gasteiger partial charge in [-0.2, -0.15) is 0 Å². The fourth-order valence-electron chi connectivity index (χ4n) is 2.89. The normalized spacial score (nSPS) is 12.2. The van der Waals surface area contributed by atoms with Crippen LogP contribution in [-0.2, 0) is 0 Å². The molecule has 2 aromatic rings. The van der Waals surface area contributed by atoms with Gasteiger partial charge in [0.15, 0.2) is 7.28 Å². The number of benzene rings is 2. The summed E-state index contributed by atoms with van der Waals surface area (Å²) in [7, 11) is 1.04. The minimum absolute atomic E-state index is 0.659. The van der Waals surface area contributed by atoms with E-state index in [2.05, 4.69) is 71.0 Å². The largest absolute Gasteiger partial charge is 0.192 e. The highest BCUT2D eigenvalue weighted by atomic mass is 14.1. The summed E-state index contributed by atoms with van der Waals surface area (Å²) in [5, 5.41) is 0. The molecule has 0 nitrogen and oxygen atoms in total. The third-order valence-corrected chi connectivity index (χ3v) is 4.38. The second kappa shape index (κ2) is 6.30. The van der Waals surface area contributed by atoms with Crippen molar-refractivity contribution >= 4 is 18.2 Å². The lowest BCUT2D eigenvalue weighted by molar-refractivity contribution is 0.734. The van der Waals surface area contributed by atoms with Crippen molar-refractivity contribution in [1.82, 2.24) is 0 Å². The Morgan fingerprint density at radius 1 is 0.950 bits per heavy atom. The third-order valence-electron chi connectivity index (χ3n) is 4.38. The molecule has 1 unspecified atom stereocenters. The molecule has 1 heteroatoms. The Labute approximate surface area is 124 Å². The zero-order chi connectivity index (χ0) is 14.7. The third kappa shape index (κ3) is 3.33. The van der Waals surface area contributed by atoms with Crippen LogP contribution in [0.5, 0.6) is 0 Å². The van der Waals surface area contributed by atoms with E-state index in [-0.39, 0.29) is 0 Å². The minimum atomic E-state index is 0.659. The van der Waals surface area contributed by atoms with Crippen LogP contribution in [0, 0.1) is 20.8 Å². The molecule has 20 heavy (non-hydrogen) atoms. The first-order valence-corrected chi connectivity index (χ1v) is 7.66. The van der Waals surface area contributed by atoms with Crippen molar-refractivity contribution in [1.29, 1.82) is 0 Å². The highest BCUT2D eigenvalue weighted by Gasteiger charge is 2.08. The lowest BCUT2D eigenvalue weighted by Gasteiger charge is -2.12. The van der Waals surface area contributed by atoms with E-state index < -0.39 is 0 Å². The summed E-state index contributed by atoms with van der Waals surface area (Å²) in [5.74, 6) is 0.659. The zero-order valence-corrected chi connectivity index (χ0v) is 13.5. The highest BCUT2D eigenvalue weighted by molar-refractivity contribution is 6.68. The minimum Gasteiger partial charge on any atom is -0.0785 e. The van der Waals surface area contributed by atoms with Gasteiger partial charge in [-0.05, 0) is 38.7 Å². The summed E-state index contributed by atoms with van der Waals surface area (Å²) < 4.78 is 0. The predicted molar refractivity (Wildman–Crippen MR) is 92.2 cm³/mol. The molecule has 0 saturated heterocycles. The Bertz CT molecular complexity index is 558. The second-order valence-electron chi connectivity index (χ2n) is 6.10. The van der Waals surface area contributed by atoms with E-state index in [0.29, 0.717) is 5.92 Å². The molecular weight excluding hydrogens is 239 g/mol. The molecule has 0 N–H and O–H groups in total. The van der Waals surface area contributed by atoms with Crippen molar-refractivity contribution in [2.75, 3.05) is 0 Å². The van der Waals surface area contributed by atoms with E-state index in [1.165, 1.54) is 39.6 Å². The van der Waals surface area contributed by atoms with E-state index in [9.17, 15) is 0 Å². The van der Waals surface area contributed by atoms with Gasteiger partial charge in [-0.1, -0.05) is 77.9 Å². The lowest BCUT2D eigenvalue weighted by atomic mass is 9.60. The van der Waals surface area contributed by atoms with Gasteiger partial charge in [0.25, 0.3) is 0 Å². The van der Waals surface area contributed by atoms with Gasteiger partial charge in [0.05, 0.1) is 0 Å². The summed E-state index contributed by atoms with van der Waals surface area (Å²) in [6, 6.07) is 13.7. The summed E-state index contributed by atoms with van der Waals surface area (Å²) >= 11 is 0. The monoisotopic (exact) mass is 264 g/mol. The van der Waals surface area contributed by atoms with Crippen molar-refractivity contribution in [2.45, 2.75) is 47.0 Å². The van der Waals surface area contributed by atoms with Crippen molar-refractivity contribution in [3.8, 4) is 0 Å². The van der Waals surface area contributed by atoms with Crippen LogP contribution in [0.2, 0.25) is 0 Å². The molecule has 2 aromatic carbocycles. The number of hydrogen-bond donors (Lipinski definition) is 0. The summed E-state index contributed by atoms with van der Waals surface area (Å²) in [6.07, 6.45) is 1.20. The van der Waals surface area contributed by atoms with Crippen LogP contribution in [0.1, 0.15) is 48.4 Å². The van der Waals surface area contributed by atoms with Gasteiger partial charge in [-0.3, -0.25) is 0 Å². The molecule has 0 spiro atoms. The Morgan fingerprint density at radius 2 is 1.50 bits per heavy atom. The Balaban J connectivity index is 2.23. The topological polar surface area (TPSA) is 0 Å². The van der Waals surface area contributed by atoms with E-state index in [1.54, 1.807) is 0 Å². The Hall–Kier alpha value is -1.50. The smallest absolute Gasteiger partial charge is 0.0785 e. The molecule has 104 valence electrons. The van der Waals surface area contributed by atoms with Crippen molar-refractivity contribution in [3.05, 3.63) is 58.7 Å². The van der Waals surface area contributed by atoms with Gasteiger partial charge in [0.1, 0.15) is 0 Å². The first-order chi connectivity index (χ1) is 9.51. The van der Waals surface area contributed by atoms with Crippen LogP contribution in [0.15, 0.2) is 36.4 Å². The Morgan fingerprint density at radius 3 is 2.00 bits per heavy atom. The van der Waals surface area contributed by atoms with Crippen LogP contribution in [-0.4, -0.2) is 7.28 Å². The Kier molecular flexibility index (Phi) is 4.70. The molecule has 0 radical (unpaired) electrons. The van der Waals surface area contributed by atoms with Crippen LogP contribution < -0.4 is 10.9 Å². The van der Waals surface area contributed by atoms with E-state index >= 15 is 0 Å². The standard InChI is InChI=1S/C19H25B/c1-6-14(3)17-7-9-18(10-8-17)20-19-15(4)11-13(2)12-16(19)5/h7-12,14,20H,6H2,1-5H3. The van der Waals surface area contributed by atoms with Gasteiger partial charge < -0.3 is 0 Å². The van der Waals surface area contributed by atoms with E-state index in [0.717, 1.165) is 7.28 Å². The zero-order valence-electron chi connectivity index (χ0n) is 13.5. The maximum atomic E-state index is 2.29. The van der Waals surface area contributed by atoms with Gasteiger partial charge in [0, 0.05) is 0 Å². The van der Waals surface area contributed by atoms with Crippen molar-refractivity contribution < 1.29 is 0 Å². The highest BCUT2D eigenvalue weighted by Crippen LogP contribution is 2.16. The van der Waals surface area contributed by atoms with Crippen LogP contribution >= 0.6 is 0 Å². The molecule has 0 amide bonds. The second-order valence-corrected chi connectivity index (χ2v) is 6.10. The lowest BCUT2D eigenvalue weighted by Crippen LogP contribution is -2.31. The van der Waals surface area contributed by atoms with Crippen molar-refractivity contribution in [3.63, 3.8) is 0 Å². The average Bonchev–Trinajstić information content (AvgIpc) is 2.42. The molecular formula is C19H25B. The number of rotatable bonds is 4. The molecule has 0 fully saturated rings. The van der Waals surface area contributed by atoms with Gasteiger partial charge >= 0.3 is 0 Å². The molecule has 0 bridgehead atoms. The first-order valence-electron chi connectivity index (χ1n) is 7.66. The number of hydrogen-bond acceptors (Lipinski definition) is 0. The molecule has 0 aliphatic carbocycles. The van der Waals surface area contributed by atoms with Gasteiger partial charge in [0.2, 0.25) is 0 Å². The maximum Gasteiger partial charge on any atom is 0.192 e.